The predicted octanol–water partition coefficient (Wildman–Crippen LogP) is 4.88. The number of hydrogen-bond acceptors (Lipinski definition) is 2. The zero-order chi connectivity index (χ0) is 18.0. The largest absolute Gasteiger partial charge is 0.481 e. The lowest BCUT2D eigenvalue weighted by molar-refractivity contribution is -0.119. The first-order chi connectivity index (χ1) is 11.7. The van der Waals surface area contributed by atoms with E-state index in [1.807, 2.05) is 37.3 Å². The number of ether oxygens (including phenoxy) is 1. The Labute approximate surface area is 148 Å². The number of para-hydroxylation sites is 1. The Hall–Kier alpha value is -2.55. The minimum atomic E-state index is -0.782. The summed E-state index contributed by atoms with van der Waals surface area (Å²) in [5, 5.41) is 2.97. The summed E-state index contributed by atoms with van der Waals surface area (Å²) in [6.07, 6.45) is 0. The molecular weight excluding hydrogens is 310 g/mol. The standard InChI is InChI=1S/C22H23NO2/c1-13-16-12-14(21(2,3)4)10-11-18(16)25-22(13,5)19-15-8-6-7-9-17(15)23-20(19)24/h6-12,19H,1H2,2-5H3,(H,23,24)/t19-,22+/m1/s1. The summed E-state index contributed by atoms with van der Waals surface area (Å²) >= 11 is 0. The fourth-order valence-electron chi connectivity index (χ4n) is 3.87. The maximum atomic E-state index is 12.7. The number of carbonyl (C=O) groups is 1. The van der Waals surface area contributed by atoms with Crippen molar-refractivity contribution in [2.24, 2.45) is 0 Å². The van der Waals surface area contributed by atoms with E-state index >= 15 is 0 Å². The van der Waals surface area contributed by atoms with Gasteiger partial charge in [0.2, 0.25) is 5.91 Å². The number of anilines is 1. The number of hydrogen-bond donors (Lipinski definition) is 1. The molecule has 0 fully saturated rings. The van der Waals surface area contributed by atoms with Crippen molar-refractivity contribution in [2.45, 2.75) is 44.6 Å². The topological polar surface area (TPSA) is 38.3 Å². The van der Waals surface area contributed by atoms with E-state index < -0.39 is 11.5 Å². The van der Waals surface area contributed by atoms with Crippen LogP contribution >= 0.6 is 0 Å². The first-order valence-electron chi connectivity index (χ1n) is 8.65. The number of amides is 1. The predicted molar refractivity (Wildman–Crippen MR) is 101 cm³/mol. The molecule has 2 atom stereocenters. The van der Waals surface area contributed by atoms with Crippen LogP contribution in [-0.2, 0) is 10.2 Å². The molecule has 3 heteroatoms. The van der Waals surface area contributed by atoms with Crippen molar-refractivity contribution in [3.8, 4) is 5.75 Å². The molecule has 0 bridgehead atoms. The zero-order valence-corrected chi connectivity index (χ0v) is 15.1. The Morgan fingerprint density at radius 1 is 1.16 bits per heavy atom. The van der Waals surface area contributed by atoms with E-state index in [9.17, 15) is 4.79 Å². The lowest BCUT2D eigenvalue weighted by atomic mass is 9.77. The van der Waals surface area contributed by atoms with Gasteiger partial charge in [0.05, 0.1) is 0 Å². The molecular formula is C22H23NO2. The lowest BCUT2D eigenvalue weighted by Gasteiger charge is -2.30. The highest BCUT2D eigenvalue weighted by atomic mass is 16.5. The Balaban J connectivity index is 1.80. The molecule has 2 heterocycles. The summed E-state index contributed by atoms with van der Waals surface area (Å²) in [7, 11) is 0. The number of fused-ring (bicyclic) bond motifs is 2. The Kier molecular flexibility index (Phi) is 3.18. The fourth-order valence-corrected chi connectivity index (χ4v) is 3.87. The molecule has 4 rings (SSSR count). The summed E-state index contributed by atoms with van der Waals surface area (Å²) in [6.45, 7) is 12.9. The highest BCUT2D eigenvalue weighted by Gasteiger charge is 2.52. The second-order valence-corrected chi connectivity index (χ2v) is 8.16. The monoisotopic (exact) mass is 333 g/mol. The molecule has 128 valence electrons. The van der Waals surface area contributed by atoms with Gasteiger partial charge in [-0.05, 0) is 41.7 Å². The van der Waals surface area contributed by atoms with E-state index in [1.165, 1.54) is 5.56 Å². The number of carbonyl (C=O) groups excluding carboxylic acids is 1. The smallest absolute Gasteiger partial charge is 0.236 e. The van der Waals surface area contributed by atoms with Gasteiger partial charge in [-0.1, -0.05) is 51.6 Å². The Morgan fingerprint density at radius 2 is 1.88 bits per heavy atom. The highest BCUT2D eigenvalue weighted by molar-refractivity contribution is 6.06. The van der Waals surface area contributed by atoms with Gasteiger partial charge in [0, 0.05) is 16.8 Å². The van der Waals surface area contributed by atoms with E-state index in [0.29, 0.717) is 0 Å². The maximum Gasteiger partial charge on any atom is 0.236 e. The van der Waals surface area contributed by atoms with E-state index in [2.05, 4.69) is 44.8 Å². The first-order valence-corrected chi connectivity index (χ1v) is 8.65. The van der Waals surface area contributed by atoms with Gasteiger partial charge < -0.3 is 10.1 Å². The van der Waals surface area contributed by atoms with E-state index in [-0.39, 0.29) is 11.3 Å². The number of rotatable bonds is 1. The molecule has 0 aromatic heterocycles. The van der Waals surface area contributed by atoms with Crippen molar-refractivity contribution < 1.29 is 9.53 Å². The molecule has 3 nitrogen and oxygen atoms in total. The molecule has 0 radical (unpaired) electrons. The van der Waals surface area contributed by atoms with Gasteiger partial charge in [0.15, 0.2) is 0 Å². The van der Waals surface area contributed by atoms with Crippen molar-refractivity contribution in [1.82, 2.24) is 0 Å². The molecule has 25 heavy (non-hydrogen) atoms. The molecule has 0 unspecified atom stereocenters. The Morgan fingerprint density at radius 3 is 2.60 bits per heavy atom. The molecule has 1 amide bonds. The summed E-state index contributed by atoms with van der Waals surface area (Å²) in [6, 6.07) is 14.1. The third-order valence-electron chi connectivity index (χ3n) is 5.43. The highest BCUT2D eigenvalue weighted by Crippen LogP contribution is 2.53. The molecule has 0 spiro atoms. The van der Waals surface area contributed by atoms with Crippen LogP contribution in [0.2, 0.25) is 0 Å². The normalized spacial score (nSPS) is 24.6. The van der Waals surface area contributed by atoms with Crippen LogP contribution in [0.3, 0.4) is 0 Å². The Bertz CT molecular complexity index is 906. The van der Waals surface area contributed by atoms with Crippen LogP contribution in [-0.4, -0.2) is 11.5 Å². The summed E-state index contributed by atoms with van der Waals surface area (Å²) in [4.78, 5) is 12.7. The van der Waals surface area contributed by atoms with Crippen LogP contribution in [0.25, 0.3) is 5.57 Å². The second-order valence-electron chi connectivity index (χ2n) is 8.16. The third kappa shape index (κ3) is 2.22. The van der Waals surface area contributed by atoms with Crippen molar-refractivity contribution in [3.63, 3.8) is 0 Å². The first kappa shape index (κ1) is 15.9. The molecule has 2 aliphatic rings. The molecule has 2 aromatic carbocycles. The van der Waals surface area contributed by atoms with Gasteiger partial charge in [-0.25, -0.2) is 0 Å². The van der Waals surface area contributed by atoms with Crippen LogP contribution in [0.4, 0.5) is 5.69 Å². The molecule has 2 aromatic rings. The van der Waals surface area contributed by atoms with Crippen LogP contribution in [0.15, 0.2) is 49.0 Å². The van der Waals surface area contributed by atoms with Gasteiger partial charge in [-0.2, -0.15) is 0 Å². The zero-order valence-electron chi connectivity index (χ0n) is 15.1. The van der Waals surface area contributed by atoms with Crippen LogP contribution in [0, 0.1) is 0 Å². The summed E-state index contributed by atoms with van der Waals surface area (Å²) in [5.41, 5.74) is 4.21. The molecule has 0 aliphatic carbocycles. The van der Waals surface area contributed by atoms with Crippen LogP contribution in [0.1, 0.15) is 50.3 Å². The fraction of sp³-hybridized carbons (Fsp3) is 0.318. The molecule has 1 N–H and O–H groups in total. The van der Waals surface area contributed by atoms with Crippen molar-refractivity contribution in [3.05, 3.63) is 65.7 Å². The van der Waals surface area contributed by atoms with E-state index in [4.69, 9.17) is 4.74 Å². The van der Waals surface area contributed by atoms with Crippen molar-refractivity contribution >= 4 is 17.2 Å². The second kappa shape index (κ2) is 4.98. The van der Waals surface area contributed by atoms with Crippen molar-refractivity contribution in [1.29, 1.82) is 0 Å². The van der Waals surface area contributed by atoms with E-state index in [1.54, 1.807) is 0 Å². The molecule has 0 saturated heterocycles. The van der Waals surface area contributed by atoms with Gasteiger partial charge >= 0.3 is 0 Å². The van der Waals surface area contributed by atoms with Crippen LogP contribution < -0.4 is 10.1 Å². The van der Waals surface area contributed by atoms with E-state index in [0.717, 1.165) is 28.1 Å². The van der Waals surface area contributed by atoms with Gasteiger partial charge in [0.1, 0.15) is 17.3 Å². The SMILES string of the molecule is C=C1c2cc(C(C)(C)C)ccc2O[C@]1(C)[C@H]1C(=O)Nc2ccccc21. The average molecular weight is 333 g/mol. The molecule has 0 saturated carbocycles. The minimum absolute atomic E-state index is 0.0336. The number of benzene rings is 2. The van der Waals surface area contributed by atoms with Crippen LogP contribution in [0.5, 0.6) is 5.75 Å². The van der Waals surface area contributed by atoms with Gasteiger partial charge in [-0.3, -0.25) is 4.79 Å². The minimum Gasteiger partial charge on any atom is -0.481 e. The summed E-state index contributed by atoms with van der Waals surface area (Å²) < 4.78 is 6.33. The lowest BCUT2D eigenvalue weighted by Crippen LogP contribution is -2.40. The quantitative estimate of drug-likeness (QED) is 0.807. The number of nitrogens with one attached hydrogen (secondary N) is 1. The third-order valence-corrected chi connectivity index (χ3v) is 5.43. The van der Waals surface area contributed by atoms with Crippen molar-refractivity contribution in [2.75, 3.05) is 5.32 Å². The average Bonchev–Trinajstić information content (AvgIpc) is 3.01. The maximum absolute atomic E-state index is 12.7. The molecule has 2 aliphatic heterocycles. The summed E-state index contributed by atoms with van der Waals surface area (Å²) in [5.74, 6) is 0.369. The van der Waals surface area contributed by atoms with Gasteiger partial charge in [-0.15, -0.1) is 0 Å². The van der Waals surface area contributed by atoms with Gasteiger partial charge in [0.25, 0.3) is 0 Å².